The van der Waals surface area contributed by atoms with Crippen molar-refractivity contribution >= 4 is 35.8 Å². The van der Waals surface area contributed by atoms with Crippen LogP contribution < -0.4 is 15.4 Å². The van der Waals surface area contributed by atoms with Crippen molar-refractivity contribution in [2.75, 3.05) is 60.0 Å². The van der Waals surface area contributed by atoms with Crippen LogP contribution in [0.2, 0.25) is 0 Å². The number of rotatable bonds is 8. The lowest BCUT2D eigenvalue weighted by Crippen LogP contribution is -2.52. The molecule has 1 aliphatic heterocycles. The number of halogens is 1. The highest BCUT2D eigenvalue weighted by molar-refractivity contribution is 14.0. The van der Waals surface area contributed by atoms with E-state index in [4.69, 9.17) is 4.74 Å². The molecule has 2 aliphatic rings. The van der Waals surface area contributed by atoms with E-state index in [9.17, 15) is 4.79 Å². The van der Waals surface area contributed by atoms with Gasteiger partial charge in [0, 0.05) is 58.8 Å². The Morgan fingerprint density at radius 3 is 2.47 bits per heavy atom. The molecule has 3 rings (SSSR count). The van der Waals surface area contributed by atoms with Gasteiger partial charge in [0.25, 0.3) is 0 Å². The summed E-state index contributed by atoms with van der Waals surface area (Å²) in [4.78, 5) is 21.1. The average molecular weight is 529 g/mol. The molecule has 0 atom stereocenters. The lowest BCUT2D eigenvalue weighted by Gasteiger charge is -2.38. The lowest BCUT2D eigenvalue weighted by molar-refractivity contribution is -0.139. The molecule has 8 heteroatoms. The number of methoxy groups -OCH3 is 1. The number of piperazine rings is 1. The summed E-state index contributed by atoms with van der Waals surface area (Å²) in [5.41, 5.74) is 1.19. The molecule has 1 saturated carbocycles. The van der Waals surface area contributed by atoms with Gasteiger partial charge >= 0.3 is 0 Å². The first-order valence-electron chi connectivity index (χ1n) is 10.8. The number of nitrogens with one attached hydrogen (secondary N) is 2. The molecule has 2 fully saturated rings. The number of para-hydroxylation sites is 1. The number of guanidine groups is 1. The minimum atomic E-state index is 0. The molecule has 0 unspecified atom stereocenters. The number of hydrogen-bond donors (Lipinski definition) is 2. The summed E-state index contributed by atoms with van der Waals surface area (Å²) in [5.74, 6) is 2.44. The maximum absolute atomic E-state index is 12.3. The zero-order valence-electron chi connectivity index (χ0n) is 18.2. The van der Waals surface area contributed by atoms with Gasteiger partial charge in [0.1, 0.15) is 5.75 Å². The van der Waals surface area contributed by atoms with Gasteiger partial charge in [-0.05, 0) is 30.9 Å². The number of aliphatic imine (C=N–C) groups is 1. The second-order valence-corrected chi connectivity index (χ2v) is 7.78. The quantitative estimate of drug-likeness (QED) is 0.306. The van der Waals surface area contributed by atoms with Crippen LogP contribution in [0.5, 0.6) is 5.75 Å². The van der Waals surface area contributed by atoms with Crippen molar-refractivity contribution in [1.29, 1.82) is 0 Å². The van der Waals surface area contributed by atoms with Crippen LogP contribution in [0.25, 0.3) is 0 Å². The van der Waals surface area contributed by atoms with Crippen LogP contribution in [0, 0.1) is 5.92 Å². The lowest BCUT2D eigenvalue weighted by atomic mass is 9.84. The van der Waals surface area contributed by atoms with Crippen LogP contribution in [0.1, 0.15) is 24.8 Å². The predicted molar refractivity (Wildman–Crippen MR) is 132 cm³/mol. The molecular formula is C22H36IN5O2. The van der Waals surface area contributed by atoms with Crippen molar-refractivity contribution in [3.05, 3.63) is 29.8 Å². The van der Waals surface area contributed by atoms with Gasteiger partial charge in [0.15, 0.2) is 5.96 Å². The molecule has 1 heterocycles. The largest absolute Gasteiger partial charge is 0.496 e. The van der Waals surface area contributed by atoms with E-state index >= 15 is 0 Å². The van der Waals surface area contributed by atoms with E-state index in [1.165, 1.54) is 12.0 Å². The first kappa shape index (κ1) is 24.7. The standard InChI is InChI=1S/C22H35N5O2.HI/c1-23-22(24-11-10-18-6-3-4-9-20(18)29-2)25-12-13-26-14-16-27(17-15-26)21(28)19-7-5-8-19;/h3-4,6,9,19H,5,7-8,10-17H2,1-2H3,(H2,23,24,25);1H. The van der Waals surface area contributed by atoms with E-state index in [1.807, 2.05) is 18.2 Å². The van der Waals surface area contributed by atoms with Gasteiger partial charge < -0.3 is 20.3 Å². The van der Waals surface area contributed by atoms with E-state index in [0.29, 0.717) is 11.8 Å². The van der Waals surface area contributed by atoms with E-state index in [-0.39, 0.29) is 24.0 Å². The molecule has 0 aromatic heterocycles. The fourth-order valence-corrected chi connectivity index (χ4v) is 3.88. The molecule has 0 bridgehead atoms. The second-order valence-electron chi connectivity index (χ2n) is 7.78. The van der Waals surface area contributed by atoms with E-state index in [2.05, 4.69) is 31.5 Å². The summed E-state index contributed by atoms with van der Waals surface area (Å²) in [6.07, 6.45) is 4.27. The summed E-state index contributed by atoms with van der Waals surface area (Å²) in [7, 11) is 3.50. The molecule has 1 aliphatic carbocycles. The number of nitrogens with zero attached hydrogens (tertiary/aromatic N) is 3. The number of carbonyl (C=O) groups is 1. The zero-order chi connectivity index (χ0) is 20.5. The van der Waals surface area contributed by atoms with Gasteiger partial charge in [0.2, 0.25) is 5.91 Å². The zero-order valence-corrected chi connectivity index (χ0v) is 20.6. The van der Waals surface area contributed by atoms with Crippen molar-refractivity contribution in [1.82, 2.24) is 20.4 Å². The molecule has 7 nitrogen and oxygen atoms in total. The van der Waals surface area contributed by atoms with Crippen molar-refractivity contribution in [2.45, 2.75) is 25.7 Å². The van der Waals surface area contributed by atoms with Crippen molar-refractivity contribution in [3.63, 3.8) is 0 Å². The molecule has 2 N–H and O–H groups in total. The third-order valence-electron chi connectivity index (χ3n) is 5.96. The Hall–Kier alpha value is -1.55. The summed E-state index contributed by atoms with van der Waals surface area (Å²) in [5, 5.41) is 6.75. The third kappa shape index (κ3) is 7.01. The maximum atomic E-state index is 12.3. The van der Waals surface area contributed by atoms with E-state index < -0.39 is 0 Å². The van der Waals surface area contributed by atoms with Gasteiger partial charge in [-0.15, -0.1) is 24.0 Å². The van der Waals surface area contributed by atoms with E-state index in [0.717, 1.165) is 76.8 Å². The summed E-state index contributed by atoms with van der Waals surface area (Å²) in [6.45, 7) is 6.23. The first-order chi connectivity index (χ1) is 14.2. The maximum Gasteiger partial charge on any atom is 0.225 e. The van der Waals surface area contributed by atoms with Gasteiger partial charge in [-0.3, -0.25) is 14.7 Å². The Kier molecular flexibility index (Phi) is 10.7. The number of amides is 1. The fraction of sp³-hybridized carbons (Fsp3) is 0.636. The van der Waals surface area contributed by atoms with E-state index in [1.54, 1.807) is 14.2 Å². The Morgan fingerprint density at radius 1 is 1.13 bits per heavy atom. The monoisotopic (exact) mass is 529 g/mol. The molecule has 1 aromatic carbocycles. The van der Waals surface area contributed by atoms with Crippen LogP contribution in [-0.2, 0) is 11.2 Å². The minimum absolute atomic E-state index is 0. The fourth-order valence-electron chi connectivity index (χ4n) is 3.88. The Bertz CT molecular complexity index is 688. The Labute approximate surface area is 197 Å². The highest BCUT2D eigenvalue weighted by Gasteiger charge is 2.30. The highest BCUT2D eigenvalue weighted by Crippen LogP contribution is 2.28. The summed E-state index contributed by atoms with van der Waals surface area (Å²) < 4.78 is 5.40. The van der Waals surface area contributed by atoms with Crippen LogP contribution in [-0.4, -0.2) is 81.6 Å². The molecule has 168 valence electrons. The van der Waals surface area contributed by atoms with Crippen molar-refractivity contribution < 1.29 is 9.53 Å². The van der Waals surface area contributed by atoms with Crippen molar-refractivity contribution in [3.8, 4) is 5.75 Å². The van der Waals surface area contributed by atoms with Gasteiger partial charge in [-0.25, -0.2) is 0 Å². The molecule has 1 amide bonds. The number of benzene rings is 1. The third-order valence-corrected chi connectivity index (χ3v) is 5.96. The van der Waals surface area contributed by atoms with Crippen LogP contribution in [0.4, 0.5) is 0 Å². The average Bonchev–Trinajstić information content (AvgIpc) is 2.72. The van der Waals surface area contributed by atoms with Gasteiger partial charge in [-0.1, -0.05) is 24.6 Å². The molecule has 0 spiro atoms. The first-order valence-corrected chi connectivity index (χ1v) is 10.8. The topological polar surface area (TPSA) is 69.2 Å². The predicted octanol–water partition coefficient (Wildman–Crippen LogP) is 1.96. The molecule has 0 radical (unpaired) electrons. The summed E-state index contributed by atoms with van der Waals surface area (Å²) >= 11 is 0. The van der Waals surface area contributed by atoms with Crippen LogP contribution in [0.15, 0.2) is 29.3 Å². The highest BCUT2D eigenvalue weighted by atomic mass is 127. The second kappa shape index (κ2) is 13.0. The number of hydrogen-bond acceptors (Lipinski definition) is 4. The SMILES string of the molecule is CN=C(NCCc1ccccc1OC)NCCN1CCN(C(=O)C2CCC2)CC1.I. The van der Waals surface area contributed by atoms with Crippen molar-refractivity contribution in [2.24, 2.45) is 10.9 Å². The minimum Gasteiger partial charge on any atom is -0.496 e. The molecule has 30 heavy (non-hydrogen) atoms. The number of carbonyl (C=O) groups excluding carboxylic acids is 1. The summed E-state index contributed by atoms with van der Waals surface area (Å²) in [6, 6.07) is 8.09. The number of ether oxygens (including phenoxy) is 1. The smallest absolute Gasteiger partial charge is 0.225 e. The van der Waals surface area contributed by atoms with Crippen LogP contribution in [0.3, 0.4) is 0 Å². The Morgan fingerprint density at radius 2 is 1.83 bits per heavy atom. The molecule has 1 aromatic rings. The normalized spacial score (nSPS) is 17.7. The molecule has 1 saturated heterocycles. The van der Waals surface area contributed by atoms with Gasteiger partial charge in [-0.2, -0.15) is 0 Å². The Balaban J connectivity index is 0.00000320. The van der Waals surface area contributed by atoms with Gasteiger partial charge in [0.05, 0.1) is 7.11 Å². The molecular weight excluding hydrogens is 493 g/mol. The van der Waals surface area contributed by atoms with Crippen LogP contribution >= 0.6 is 24.0 Å².